The van der Waals surface area contributed by atoms with Crippen LogP contribution >= 0.6 is 0 Å². The molecule has 1 N–H and O–H groups in total. The lowest BCUT2D eigenvalue weighted by Gasteiger charge is -2.20. The topological polar surface area (TPSA) is 54.5 Å². The lowest BCUT2D eigenvalue weighted by Crippen LogP contribution is -2.35. The fraction of sp³-hybridized carbons (Fsp3) is 0.625. The van der Waals surface area contributed by atoms with Crippen LogP contribution in [0.3, 0.4) is 0 Å². The molecule has 5 nitrogen and oxygen atoms in total. The maximum atomic E-state index is 11.8. The van der Waals surface area contributed by atoms with Gasteiger partial charge in [0.2, 0.25) is 0 Å². The van der Waals surface area contributed by atoms with Gasteiger partial charge in [0.15, 0.2) is 6.61 Å². The summed E-state index contributed by atoms with van der Waals surface area (Å²) < 4.78 is 5.49. The summed E-state index contributed by atoms with van der Waals surface area (Å²) in [6.45, 7) is 7.15. The van der Waals surface area contributed by atoms with E-state index in [4.69, 9.17) is 4.74 Å². The molecule has 2 rings (SSSR count). The van der Waals surface area contributed by atoms with Crippen LogP contribution in [0, 0.1) is 0 Å². The Morgan fingerprint density at radius 2 is 2.14 bits per heavy atom. The van der Waals surface area contributed by atoms with Crippen molar-refractivity contribution in [1.29, 1.82) is 0 Å². The minimum absolute atomic E-state index is 0.0241. The van der Waals surface area contributed by atoms with E-state index in [1.165, 1.54) is 0 Å². The van der Waals surface area contributed by atoms with Crippen LogP contribution in [0.5, 0.6) is 5.75 Å². The van der Waals surface area contributed by atoms with Gasteiger partial charge in [0.25, 0.3) is 5.91 Å². The molecular weight excluding hydrogens is 266 g/mol. The van der Waals surface area contributed by atoms with E-state index in [2.05, 4.69) is 31.1 Å². The van der Waals surface area contributed by atoms with Crippen molar-refractivity contribution in [3.05, 3.63) is 24.0 Å². The smallest absolute Gasteiger partial charge is 0.260 e. The van der Waals surface area contributed by atoms with E-state index in [1.807, 2.05) is 19.2 Å². The van der Waals surface area contributed by atoms with Gasteiger partial charge in [-0.2, -0.15) is 0 Å². The van der Waals surface area contributed by atoms with Gasteiger partial charge in [0.05, 0.1) is 11.9 Å². The molecule has 0 radical (unpaired) electrons. The van der Waals surface area contributed by atoms with Crippen molar-refractivity contribution in [2.45, 2.75) is 51.7 Å². The lowest BCUT2D eigenvalue weighted by atomic mass is 10.1. The molecule has 0 saturated heterocycles. The highest BCUT2D eigenvalue weighted by molar-refractivity contribution is 5.78. The van der Waals surface area contributed by atoms with Gasteiger partial charge in [0, 0.05) is 25.2 Å². The van der Waals surface area contributed by atoms with Crippen LogP contribution in [0.2, 0.25) is 0 Å². The number of aromatic nitrogens is 1. The maximum Gasteiger partial charge on any atom is 0.260 e. The van der Waals surface area contributed by atoms with E-state index < -0.39 is 0 Å². The van der Waals surface area contributed by atoms with E-state index in [9.17, 15) is 4.79 Å². The summed E-state index contributed by atoms with van der Waals surface area (Å²) in [4.78, 5) is 18.0. The molecule has 1 fully saturated rings. The summed E-state index contributed by atoms with van der Waals surface area (Å²) in [6, 6.07) is 4.20. The minimum Gasteiger partial charge on any atom is -0.482 e. The predicted molar refractivity (Wildman–Crippen MR) is 82.1 cm³/mol. The average Bonchev–Trinajstić information content (AvgIpc) is 3.26. The highest BCUT2D eigenvalue weighted by Gasteiger charge is 2.29. The second-order valence-electron chi connectivity index (χ2n) is 6.61. The summed E-state index contributed by atoms with van der Waals surface area (Å²) in [5, 5.41) is 3.38. The first-order valence-electron chi connectivity index (χ1n) is 7.43. The van der Waals surface area contributed by atoms with E-state index in [0.29, 0.717) is 18.3 Å². The molecule has 21 heavy (non-hydrogen) atoms. The lowest BCUT2D eigenvalue weighted by molar-refractivity contribution is -0.132. The highest BCUT2D eigenvalue weighted by Crippen LogP contribution is 2.25. The number of nitrogens with one attached hydrogen (secondary N) is 1. The molecule has 1 aromatic heterocycles. The van der Waals surface area contributed by atoms with Crippen LogP contribution in [0.4, 0.5) is 0 Å². The Bertz CT molecular complexity index is 475. The molecule has 0 aliphatic heterocycles. The number of rotatable bonds is 6. The Kier molecular flexibility index (Phi) is 4.83. The molecule has 1 aliphatic rings. The summed E-state index contributed by atoms with van der Waals surface area (Å²) in [7, 11) is 1.84. The quantitative estimate of drug-likeness (QED) is 0.870. The third-order valence-electron chi connectivity index (χ3n) is 3.45. The first-order valence-corrected chi connectivity index (χ1v) is 7.43. The molecule has 116 valence electrons. The van der Waals surface area contributed by atoms with Gasteiger partial charge in [-0.1, -0.05) is 0 Å². The van der Waals surface area contributed by atoms with Crippen molar-refractivity contribution in [1.82, 2.24) is 15.2 Å². The fourth-order valence-electron chi connectivity index (χ4n) is 1.87. The summed E-state index contributed by atoms with van der Waals surface area (Å²) in [5.41, 5.74) is 1.02. The van der Waals surface area contributed by atoms with Crippen LogP contribution in [-0.4, -0.2) is 41.0 Å². The van der Waals surface area contributed by atoms with Gasteiger partial charge in [-0.3, -0.25) is 9.78 Å². The van der Waals surface area contributed by atoms with Gasteiger partial charge in [-0.15, -0.1) is 0 Å². The third kappa shape index (κ3) is 5.34. The number of likely N-dealkylation sites (N-methyl/N-ethyl adjacent to an activating group) is 1. The van der Waals surface area contributed by atoms with Crippen LogP contribution < -0.4 is 10.1 Å². The van der Waals surface area contributed by atoms with Gasteiger partial charge in [-0.05, 0) is 45.7 Å². The number of pyridine rings is 1. The second kappa shape index (κ2) is 6.43. The number of carbonyl (C=O) groups excluding carboxylic acids is 1. The number of hydrogen-bond acceptors (Lipinski definition) is 4. The molecule has 0 unspecified atom stereocenters. The first-order chi connectivity index (χ1) is 9.85. The molecule has 0 spiro atoms. The Morgan fingerprint density at radius 3 is 2.67 bits per heavy atom. The van der Waals surface area contributed by atoms with Crippen molar-refractivity contribution in [2.75, 3.05) is 13.7 Å². The molecule has 1 amide bonds. The van der Waals surface area contributed by atoms with Gasteiger partial charge in [0.1, 0.15) is 5.75 Å². The van der Waals surface area contributed by atoms with E-state index >= 15 is 0 Å². The van der Waals surface area contributed by atoms with Gasteiger partial charge >= 0.3 is 0 Å². The first kappa shape index (κ1) is 15.8. The fourth-order valence-corrected chi connectivity index (χ4v) is 1.87. The summed E-state index contributed by atoms with van der Waals surface area (Å²) in [6.07, 6.45) is 3.89. The zero-order valence-electron chi connectivity index (χ0n) is 13.3. The molecular formula is C16H25N3O2. The zero-order valence-corrected chi connectivity index (χ0v) is 13.3. The molecule has 5 heteroatoms. The number of nitrogens with zero attached hydrogens (tertiary/aromatic N) is 2. The van der Waals surface area contributed by atoms with Crippen molar-refractivity contribution >= 4 is 5.91 Å². The molecule has 1 aromatic rings. The normalized spacial score (nSPS) is 14.9. The number of carbonyl (C=O) groups is 1. The van der Waals surface area contributed by atoms with Crippen molar-refractivity contribution in [3.63, 3.8) is 0 Å². The standard InChI is InChI=1S/C16H25N3O2/c1-16(2,3)18-9-12-5-8-14(10-17-12)21-11-15(20)19(4)13-6-7-13/h5,8,10,13,18H,6-7,9,11H2,1-4H3. The summed E-state index contributed by atoms with van der Waals surface area (Å²) >= 11 is 0. The number of hydrogen-bond donors (Lipinski definition) is 1. The van der Waals surface area contributed by atoms with Gasteiger partial charge in [-0.25, -0.2) is 0 Å². The van der Waals surface area contributed by atoms with E-state index in [0.717, 1.165) is 18.5 Å². The predicted octanol–water partition coefficient (Wildman–Crippen LogP) is 1.97. The minimum atomic E-state index is 0.0241. The monoisotopic (exact) mass is 291 g/mol. The SMILES string of the molecule is CN(C(=O)COc1ccc(CNC(C)(C)C)nc1)C1CC1. The molecule has 1 saturated carbocycles. The Labute approximate surface area is 126 Å². The molecule has 0 aromatic carbocycles. The van der Waals surface area contributed by atoms with Crippen molar-refractivity contribution in [2.24, 2.45) is 0 Å². The van der Waals surface area contributed by atoms with Crippen LogP contribution in [0.1, 0.15) is 39.3 Å². The largest absolute Gasteiger partial charge is 0.482 e. The van der Waals surface area contributed by atoms with Crippen LogP contribution in [-0.2, 0) is 11.3 Å². The zero-order chi connectivity index (χ0) is 15.5. The van der Waals surface area contributed by atoms with E-state index in [-0.39, 0.29) is 18.1 Å². The maximum absolute atomic E-state index is 11.8. The van der Waals surface area contributed by atoms with Crippen LogP contribution in [0.15, 0.2) is 18.3 Å². The number of amides is 1. The Morgan fingerprint density at radius 1 is 1.43 bits per heavy atom. The molecule has 0 bridgehead atoms. The van der Waals surface area contributed by atoms with Gasteiger partial charge < -0.3 is 15.0 Å². The summed E-state index contributed by atoms with van der Waals surface area (Å²) in [5.74, 6) is 0.656. The second-order valence-corrected chi connectivity index (χ2v) is 6.61. The Balaban J connectivity index is 1.78. The van der Waals surface area contributed by atoms with Crippen molar-refractivity contribution < 1.29 is 9.53 Å². The van der Waals surface area contributed by atoms with Crippen LogP contribution in [0.25, 0.3) is 0 Å². The van der Waals surface area contributed by atoms with E-state index in [1.54, 1.807) is 11.1 Å². The molecule has 0 atom stereocenters. The van der Waals surface area contributed by atoms with Crippen molar-refractivity contribution in [3.8, 4) is 5.75 Å². The molecule has 1 heterocycles. The average molecular weight is 291 g/mol. The Hall–Kier alpha value is -1.62. The number of ether oxygens (including phenoxy) is 1. The highest BCUT2D eigenvalue weighted by atomic mass is 16.5. The third-order valence-corrected chi connectivity index (χ3v) is 3.45. The molecule has 1 aliphatic carbocycles.